The summed E-state index contributed by atoms with van der Waals surface area (Å²) in [6.45, 7) is 9.82. The van der Waals surface area contributed by atoms with Gasteiger partial charge in [0.25, 0.3) is 0 Å². The molecule has 0 aromatic carbocycles. The zero-order chi connectivity index (χ0) is 19.9. The molecule has 1 saturated heterocycles. The number of amides is 1. The molecule has 2 aliphatic carbocycles. The van der Waals surface area contributed by atoms with Crippen molar-refractivity contribution in [3.63, 3.8) is 0 Å². The maximum absolute atomic E-state index is 12.2. The van der Waals surface area contributed by atoms with Crippen LogP contribution in [0.4, 0.5) is 0 Å². The Morgan fingerprint density at radius 3 is 2.93 bits per heavy atom. The van der Waals surface area contributed by atoms with Crippen LogP contribution in [0.5, 0.6) is 0 Å². The SMILES string of the molecule is C=N/C=C(/C)CC1C=C(CNC(=O)COC2CC2)C([C@@H]2CCCN2)=CC[C@@H]1C. The van der Waals surface area contributed by atoms with Crippen LogP contribution in [0.1, 0.15) is 52.4 Å². The van der Waals surface area contributed by atoms with E-state index in [4.69, 9.17) is 4.74 Å². The zero-order valence-corrected chi connectivity index (χ0v) is 17.4. The number of aliphatic imine (C=N–C) groups is 1. The Morgan fingerprint density at radius 2 is 2.25 bits per heavy atom. The van der Waals surface area contributed by atoms with Crippen LogP contribution in [0.15, 0.2) is 40.1 Å². The van der Waals surface area contributed by atoms with Gasteiger partial charge in [-0.2, -0.15) is 0 Å². The third kappa shape index (κ3) is 6.14. The van der Waals surface area contributed by atoms with Crippen molar-refractivity contribution in [2.24, 2.45) is 16.8 Å². The van der Waals surface area contributed by atoms with Gasteiger partial charge in [0, 0.05) is 18.8 Å². The first-order valence-corrected chi connectivity index (χ1v) is 10.7. The van der Waals surface area contributed by atoms with Crippen LogP contribution in [0.2, 0.25) is 0 Å². The fraction of sp³-hybridized carbons (Fsp3) is 0.652. The highest BCUT2D eigenvalue weighted by Gasteiger charge is 2.27. The molecule has 5 nitrogen and oxygen atoms in total. The van der Waals surface area contributed by atoms with Crippen molar-refractivity contribution in [2.45, 2.75) is 64.5 Å². The van der Waals surface area contributed by atoms with Crippen molar-refractivity contribution >= 4 is 12.6 Å². The van der Waals surface area contributed by atoms with Crippen LogP contribution in [0.25, 0.3) is 0 Å². The summed E-state index contributed by atoms with van der Waals surface area (Å²) in [5.41, 5.74) is 3.87. The Morgan fingerprint density at radius 1 is 1.43 bits per heavy atom. The van der Waals surface area contributed by atoms with Gasteiger partial charge in [-0.25, -0.2) is 0 Å². The fourth-order valence-corrected chi connectivity index (χ4v) is 4.13. The van der Waals surface area contributed by atoms with Gasteiger partial charge in [-0.05, 0) is 81.7 Å². The maximum Gasteiger partial charge on any atom is 0.246 e. The molecule has 0 spiro atoms. The summed E-state index contributed by atoms with van der Waals surface area (Å²) < 4.78 is 5.54. The van der Waals surface area contributed by atoms with Gasteiger partial charge in [0.05, 0.1) is 6.10 Å². The van der Waals surface area contributed by atoms with Crippen LogP contribution in [0, 0.1) is 11.8 Å². The molecule has 3 atom stereocenters. The Kier molecular flexibility index (Phi) is 7.63. The molecule has 1 saturated carbocycles. The van der Waals surface area contributed by atoms with Gasteiger partial charge in [0.15, 0.2) is 0 Å². The second-order valence-electron chi connectivity index (χ2n) is 8.53. The van der Waals surface area contributed by atoms with E-state index in [-0.39, 0.29) is 12.5 Å². The molecule has 1 amide bonds. The third-order valence-electron chi connectivity index (χ3n) is 5.98. The minimum atomic E-state index is -0.0210. The summed E-state index contributed by atoms with van der Waals surface area (Å²) in [4.78, 5) is 16.1. The second kappa shape index (κ2) is 10.2. The number of ether oxygens (including phenoxy) is 1. The number of allylic oxidation sites excluding steroid dienone is 3. The van der Waals surface area contributed by atoms with Crippen LogP contribution in [-0.2, 0) is 9.53 Å². The van der Waals surface area contributed by atoms with E-state index in [1.807, 2.05) is 6.20 Å². The van der Waals surface area contributed by atoms with E-state index in [9.17, 15) is 4.79 Å². The highest BCUT2D eigenvalue weighted by atomic mass is 16.5. The van der Waals surface area contributed by atoms with Crippen molar-refractivity contribution < 1.29 is 9.53 Å². The summed E-state index contributed by atoms with van der Waals surface area (Å²) in [5, 5.41) is 6.72. The summed E-state index contributed by atoms with van der Waals surface area (Å²) in [6, 6.07) is 0.406. The Labute approximate surface area is 169 Å². The lowest BCUT2D eigenvalue weighted by Crippen LogP contribution is -2.33. The van der Waals surface area contributed by atoms with E-state index in [0.717, 1.165) is 32.2 Å². The number of nitrogens with zero attached hydrogens (tertiary/aromatic N) is 1. The normalized spacial score (nSPS) is 28.4. The first kappa shape index (κ1) is 21.0. The van der Waals surface area contributed by atoms with Crippen LogP contribution < -0.4 is 10.6 Å². The molecular weight excluding hydrogens is 350 g/mol. The molecular formula is C23H35N3O2. The molecule has 1 heterocycles. The molecule has 0 bridgehead atoms. The largest absolute Gasteiger partial charge is 0.368 e. The van der Waals surface area contributed by atoms with Crippen molar-refractivity contribution in [3.05, 3.63) is 35.1 Å². The predicted molar refractivity (Wildman–Crippen MR) is 114 cm³/mol. The number of carbonyl (C=O) groups is 1. The van der Waals surface area contributed by atoms with Gasteiger partial charge in [-0.15, -0.1) is 0 Å². The molecule has 154 valence electrons. The van der Waals surface area contributed by atoms with Gasteiger partial charge in [-0.3, -0.25) is 9.79 Å². The van der Waals surface area contributed by atoms with E-state index in [0.29, 0.717) is 30.5 Å². The van der Waals surface area contributed by atoms with Crippen molar-refractivity contribution in [3.8, 4) is 0 Å². The maximum atomic E-state index is 12.2. The Bertz CT molecular complexity index is 655. The first-order valence-electron chi connectivity index (χ1n) is 10.7. The zero-order valence-electron chi connectivity index (χ0n) is 17.4. The Balaban J connectivity index is 1.71. The lowest BCUT2D eigenvalue weighted by atomic mass is 9.86. The molecule has 0 aromatic rings. The smallest absolute Gasteiger partial charge is 0.246 e. The van der Waals surface area contributed by atoms with Gasteiger partial charge in [0.1, 0.15) is 6.61 Å². The number of carbonyl (C=O) groups excluding carboxylic acids is 1. The number of hydrogen-bond donors (Lipinski definition) is 2. The average Bonchev–Trinajstić information content (AvgIpc) is 3.38. The lowest BCUT2D eigenvalue weighted by Gasteiger charge is -2.21. The fourth-order valence-electron chi connectivity index (χ4n) is 4.13. The van der Waals surface area contributed by atoms with Crippen molar-refractivity contribution in [2.75, 3.05) is 19.7 Å². The van der Waals surface area contributed by atoms with Crippen LogP contribution in [0.3, 0.4) is 0 Å². The number of rotatable bonds is 9. The topological polar surface area (TPSA) is 62.7 Å². The van der Waals surface area contributed by atoms with Gasteiger partial charge in [0.2, 0.25) is 5.91 Å². The Hall–Kier alpha value is -1.72. The molecule has 3 rings (SSSR count). The minimum absolute atomic E-state index is 0.0210. The summed E-state index contributed by atoms with van der Waals surface area (Å²) in [6.07, 6.45) is 13.5. The molecule has 0 aromatic heterocycles. The van der Waals surface area contributed by atoms with Gasteiger partial charge < -0.3 is 15.4 Å². The summed E-state index contributed by atoms with van der Waals surface area (Å²) >= 11 is 0. The van der Waals surface area contributed by atoms with E-state index in [2.05, 4.69) is 48.3 Å². The highest BCUT2D eigenvalue weighted by molar-refractivity contribution is 5.77. The van der Waals surface area contributed by atoms with Crippen LogP contribution >= 0.6 is 0 Å². The van der Waals surface area contributed by atoms with Crippen molar-refractivity contribution in [1.82, 2.24) is 10.6 Å². The first-order chi connectivity index (χ1) is 13.6. The standard InChI is InChI=1S/C23H35N3O2/c1-16(13-24-3)11-18-12-19(14-26-23(27)15-28-20-7-8-20)21(9-6-17(18)2)22-5-4-10-25-22/h9,12-13,17-18,20,22,25H,3-8,10-11,14-15H2,1-2H3,(H,26,27)/b16-13-/t17-,18?,22-/m0/s1. The van der Waals surface area contributed by atoms with E-state index in [1.54, 1.807) is 0 Å². The van der Waals surface area contributed by atoms with Gasteiger partial charge in [-0.1, -0.05) is 24.6 Å². The minimum Gasteiger partial charge on any atom is -0.368 e. The molecule has 1 unspecified atom stereocenters. The molecule has 3 aliphatic rings. The molecule has 2 N–H and O–H groups in total. The summed E-state index contributed by atoms with van der Waals surface area (Å²) in [7, 11) is 0. The van der Waals surface area contributed by atoms with Crippen LogP contribution in [-0.4, -0.2) is 44.5 Å². The van der Waals surface area contributed by atoms with E-state index >= 15 is 0 Å². The number of nitrogens with one attached hydrogen (secondary N) is 2. The number of hydrogen-bond acceptors (Lipinski definition) is 4. The summed E-state index contributed by atoms with van der Waals surface area (Å²) in [5.74, 6) is 0.964. The predicted octanol–water partition coefficient (Wildman–Crippen LogP) is 3.54. The van der Waals surface area contributed by atoms with E-state index in [1.165, 1.54) is 29.6 Å². The molecule has 5 heteroatoms. The lowest BCUT2D eigenvalue weighted by molar-refractivity contribution is -0.125. The third-order valence-corrected chi connectivity index (χ3v) is 5.98. The van der Waals surface area contributed by atoms with E-state index < -0.39 is 0 Å². The highest BCUT2D eigenvalue weighted by Crippen LogP contribution is 2.33. The second-order valence-corrected chi connectivity index (χ2v) is 8.53. The quantitative estimate of drug-likeness (QED) is 0.597. The molecule has 1 aliphatic heterocycles. The average molecular weight is 386 g/mol. The van der Waals surface area contributed by atoms with Gasteiger partial charge >= 0.3 is 0 Å². The molecule has 28 heavy (non-hydrogen) atoms. The van der Waals surface area contributed by atoms with Crippen molar-refractivity contribution in [1.29, 1.82) is 0 Å². The molecule has 0 radical (unpaired) electrons. The monoisotopic (exact) mass is 385 g/mol. The molecule has 2 fully saturated rings.